The van der Waals surface area contributed by atoms with Crippen molar-refractivity contribution in [2.45, 2.75) is 65.2 Å². The largest absolute Gasteiger partial charge is 0.316 e. The summed E-state index contributed by atoms with van der Waals surface area (Å²) in [5.41, 5.74) is 4.29. The van der Waals surface area contributed by atoms with E-state index in [1.54, 1.807) is 0 Å². The molecule has 0 saturated heterocycles. The zero-order chi connectivity index (χ0) is 15.0. The van der Waals surface area contributed by atoms with Crippen LogP contribution in [0.3, 0.4) is 0 Å². The second kappa shape index (κ2) is 5.68. The van der Waals surface area contributed by atoms with Gasteiger partial charge in [-0.2, -0.15) is 0 Å². The molecule has 2 aliphatic carbocycles. The number of fused-ring (bicyclic) bond motifs is 1. The molecule has 1 atom stereocenters. The van der Waals surface area contributed by atoms with Crippen LogP contribution >= 0.6 is 0 Å². The van der Waals surface area contributed by atoms with Crippen molar-refractivity contribution < 1.29 is 0 Å². The topological polar surface area (TPSA) is 37.8 Å². The van der Waals surface area contributed by atoms with Crippen molar-refractivity contribution in [2.24, 2.45) is 11.8 Å². The number of hydrogen-bond donors (Lipinski definition) is 1. The fraction of sp³-hybridized carbons (Fsp3) is 0.778. The minimum absolute atomic E-state index is 0.287. The van der Waals surface area contributed by atoms with Gasteiger partial charge in [0.05, 0.1) is 0 Å². The lowest BCUT2D eigenvalue weighted by molar-refractivity contribution is 0.403. The third-order valence-electron chi connectivity index (χ3n) is 5.11. The van der Waals surface area contributed by atoms with Crippen LogP contribution in [-0.2, 0) is 18.3 Å². The van der Waals surface area contributed by atoms with Crippen LogP contribution in [0.1, 0.15) is 62.8 Å². The van der Waals surface area contributed by atoms with Crippen LogP contribution in [0.4, 0.5) is 0 Å². The molecule has 1 heterocycles. The Morgan fingerprint density at radius 1 is 1.29 bits per heavy atom. The van der Waals surface area contributed by atoms with Crippen molar-refractivity contribution in [1.29, 1.82) is 0 Å². The van der Waals surface area contributed by atoms with Gasteiger partial charge in [0.2, 0.25) is 0 Å². The summed E-state index contributed by atoms with van der Waals surface area (Å²) in [4.78, 5) is 9.75. The van der Waals surface area contributed by atoms with Gasteiger partial charge < -0.3 is 5.32 Å². The minimum atomic E-state index is 0.287. The number of aromatic nitrogens is 2. The van der Waals surface area contributed by atoms with Crippen molar-refractivity contribution in [3.05, 3.63) is 22.8 Å². The van der Waals surface area contributed by atoms with Crippen molar-refractivity contribution in [3.63, 3.8) is 0 Å². The summed E-state index contributed by atoms with van der Waals surface area (Å²) < 4.78 is 0. The number of nitrogens with one attached hydrogen (secondary N) is 1. The Bertz CT molecular complexity index is 517. The van der Waals surface area contributed by atoms with Gasteiger partial charge in [-0.15, -0.1) is 0 Å². The van der Waals surface area contributed by atoms with Crippen molar-refractivity contribution in [1.82, 2.24) is 15.3 Å². The van der Waals surface area contributed by atoms with Gasteiger partial charge in [0.15, 0.2) is 0 Å². The van der Waals surface area contributed by atoms with Crippen LogP contribution in [0.2, 0.25) is 0 Å². The number of hydrogen-bond acceptors (Lipinski definition) is 3. The average molecular weight is 287 g/mol. The van der Waals surface area contributed by atoms with Gasteiger partial charge in [-0.3, -0.25) is 0 Å². The van der Waals surface area contributed by atoms with Crippen LogP contribution in [0.5, 0.6) is 0 Å². The van der Waals surface area contributed by atoms with Crippen LogP contribution in [0.15, 0.2) is 0 Å². The number of aryl methyl sites for hydroxylation is 2. The average Bonchev–Trinajstić information content (AvgIpc) is 3.18. The smallest absolute Gasteiger partial charge is 0.134 e. The predicted molar refractivity (Wildman–Crippen MR) is 86.6 cm³/mol. The van der Waals surface area contributed by atoms with Crippen LogP contribution in [0.25, 0.3) is 0 Å². The van der Waals surface area contributed by atoms with E-state index in [1.165, 1.54) is 36.2 Å². The van der Waals surface area contributed by atoms with Crippen molar-refractivity contribution in [2.75, 3.05) is 13.1 Å². The molecule has 0 spiro atoms. The van der Waals surface area contributed by atoms with E-state index in [1.807, 2.05) is 0 Å². The molecule has 21 heavy (non-hydrogen) atoms. The summed E-state index contributed by atoms with van der Waals surface area (Å²) in [6, 6.07) is 0. The first-order valence-corrected chi connectivity index (χ1v) is 8.55. The summed E-state index contributed by atoms with van der Waals surface area (Å²) in [6.07, 6.45) is 6.07. The maximum absolute atomic E-state index is 4.92. The first-order valence-electron chi connectivity index (χ1n) is 8.55. The Balaban J connectivity index is 1.68. The molecule has 0 aromatic carbocycles. The standard InChI is InChI=1S/C18H29N3/c1-12(2)10-19-11-14-5-6-16-15(9-14)13(3)20-17(21-16)18(4)7-8-18/h12,14,19H,5-11H2,1-4H3. The summed E-state index contributed by atoms with van der Waals surface area (Å²) in [7, 11) is 0. The van der Waals surface area contributed by atoms with Gasteiger partial charge in [0.1, 0.15) is 5.82 Å². The van der Waals surface area contributed by atoms with Crippen molar-refractivity contribution in [3.8, 4) is 0 Å². The number of nitrogens with zero attached hydrogens (tertiary/aromatic N) is 2. The van der Waals surface area contributed by atoms with Gasteiger partial charge >= 0.3 is 0 Å². The van der Waals surface area contributed by atoms with Crippen molar-refractivity contribution >= 4 is 0 Å². The fourth-order valence-corrected chi connectivity index (χ4v) is 3.29. The molecule has 2 aliphatic rings. The Kier molecular flexibility index (Phi) is 4.04. The molecule has 0 aliphatic heterocycles. The summed E-state index contributed by atoms with van der Waals surface area (Å²) >= 11 is 0. The molecule has 1 saturated carbocycles. The summed E-state index contributed by atoms with van der Waals surface area (Å²) in [5.74, 6) is 2.59. The first kappa shape index (κ1) is 15.0. The van der Waals surface area contributed by atoms with E-state index in [4.69, 9.17) is 9.97 Å². The molecule has 3 heteroatoms. The molecule has 1 N–H and O–H groups in total. The highest BCUT2D eigenvalue weighted by molar-refractivity contribution is 5.31. The molecule has 1 unspecified atom stereocenters. The molecule has 1 aromatic heterocycles. The SMILES string of the molecule is Cc1nc(C2(C)CC2)nc2c1CC(CNCC(C)C)CC2. The molecular formula is C18H29N3. The summed E-state index contributed by atoms with van der Waals surface area (Å²) in [6.45, 7) is 11.3. The van der Waals surface area contributed by atoms with E-state index in [0.29, 0.717) is 0 Å². The second-order valence-corrected chi connectivity index (χ2v) is 7.78. The van der Waals surface area contributed by atoms with E-state index in [-0.39, 0.29) is 5.41 Å². The monoisotopic (exact) mass is 287 g/mol. The second-order valence-electron chi connectivity index (χ2n) is 7.78. The molecule has 3 rings (SSSR count). The molecule has 0 bridgehead atoms. The third kappa shape index (κ3) is 3.28. The lowest BCUT2D eigenvalue weighted by Gasteiger charge is -2.26. The fourth-order valence-electron chi connectivity index (χ4n) is 3.29. The Morgan fingerprint density at radius 2 is 2.05 bits per heavy atom. The lowest BCUT2D eigenvalue weighted by atomic mass is 9.85. The zero-order valence-corrected chi connectivity index (χ0v) is 14.0. The van der Waals surface area contributed by atoms with E-state index in [2.05, 4.69) is 33.0 Å². The zero-order valence-electron chi connectivity index (χ0n) is 14.0. The van der Waals surface area contributed by atoms with Gasteiger partial charge in [-0.1, -0.05) is 20.8 Å². The summed E-state index contributed by atoms with van der Waals surface area (Å²) in [5, 5.41) is 3.61. The Labute approximate surface area is 129 Å². The maximum atomic E-state index is 4.92. The normalized spacial score (nSPS) is 23.2. The molecule has 116 valence electrons. The molecule has 0 radical (unpaired) electrons. The lowest BCUT2D eigenvalue weighted by Crippen LogP contribution is -2.31. The Morgan fingerprint density at radius 3 is 2.71 bits per heavy atom. The van der Waals surface area contributed by atoms with Gasteiger partial charge in [0, 0.05) is 16.8 Å². The third-order valence-corrected chi connectivity index (χ3v) is 5.11. The molecule has 3 nitrogen and oxygen atoms in total. The highest BCUT2D eigenvalue weighted by Crippen LogP contribution is 2.46. The predicted octanol–water partition coefficient (Wildman–Crippen LogP) is 3.19. The number of rotatable bonds is 5. The van der Waals surface area contributed by atoms with Crippen LogP contribution in [-0.4, -0.2) is 23.1 Å². The highest BCUT2D eigenvalue weighted by Gasteiger charge is 2.42. The first-order chi connectivity index (χ1) is 9.98. The van der Waals surface area contributed by atoms with E-state index in [9.17, 15) is 0 Å². The quantitative estimate of drug-likeness (QED) is 0.904. The maximum Gasteiger partial charge on any atom is 0.134 e. The van der Waals surface area contributed by atoms with Crippen LogP contribution < -0.4 is 5.32 Å². The minimum Gasteiger partial charge on any atom is -0.316 e. The van der Waals surface area contributed by atoms with E-state index in [0.717, 1.165) is 43.6 Å². The van der Waals surface area contributed by atoms with E-state index < -0.39 is 0 Å². The molecule has 0 amide bonds. The van der Waals surface area contributed by atoms with Gasteiger partial charge in [0.25, 0.3) is 0 Å². The molecular weight excluding hydrogens is 258 g/mol. The molecule has 1 fully saturated rings. The van der Waals surface area contributed by atoms with Gasteiger partial charge in [-0.25, -0.2) is 9.97 Å². The van der Waals surface area contributed by atoms with Crippen LogP contribution in [0, 0.1) is 18.8 Å². The van der Waals surface area contributed by atoms with Gasteiger partial charge in [-0.05, 0) is 69.5 Å². The Hall–Kier alpha value is -0.960. The highest BCUT2D eigenvalue weighted by atomic mass is 14.9. The van der Waals surface area contributed by atoms with E-state index >= 15 is 0 Å². The molecule has 1 aromatic rings.